The number of carbonyl (C=O) groups is 2. The highest BCUT2D eigenvalue weighted by atomic mass is 16.2. The number of fused-ring (bicyclic) bond motifs is 1. The van der Waals surface area contributed by atoms with Crippen molar-refractivity contribution in [3.05, 3.63) is 65.7 Å². The average molecular weight is 335 g/mol. The van der Waals surface area contributed by atoms with Crippen molar-refractivity contribution in [1.29, 1.82) is 0 Å². The van der Waals surface area contributed by atoms with E-state index in [1.807, 2.05) is 24.3 Å². The highest BCUT2D eigenvalue weighted by Gasteiger charge is 2.24. The number of anilines is 2. The van der Waals surface area contributed by atoms with Gasteiger partial charge in [-0.2, -0.15) is 0 Å². The molecular formula is C20H21N3O2. The zero-order valence-corrected chi connectivity index (χ0v) is 14.2. The first kappa shape index (κ1) is 16.8. The molecule has 5 nitrogen and oxygen atoms in total. The van der Waals surface area contributed by atoms with E-state index in [2.05, 4.69) is 5.32 Å². The van der Waals surface area contributed by atoms with Gasteiger partial charge in [0, 0.05) is 36.5 Å². The molecule has 0 saturated heterocycles. The molecule has 0 bridgehead atoms. The molecule has 1 aliphatic rings. The van der Waals surface area contributed by atoms with Crippen LogP contribution >= 0.6 is 0 Å². The Morgan fingerprint density at radius 3 is 2.56 bits per heavy atom. The minimum absolute atomic E-state index is 0.0614. The summed E-state index contributed by atoms with van der Waals surface area (Å²) >= 11 is 0. The lowest BCUT2D eigenvalue weighted by Gasteiger charge is -2.23. The number of nitrogens with two attached hydrogens (primary N) is 1. The van der Waals surface area contributed by atoms with Crippen molar-refractivity contribution in [1.82, 2.24) is 5.32 Å². The van der Waals surface area contributed by atoms with Crippen LogP contribution in [0.1, 0.15) is 28.8 Å². The molecule has 2 aromatic carbocycles. The molecule has 3 N–H and O–H groups in total. The number of likely N-dealkylation sites (N-methyl/N-ethyl adjacent to an activating group) is 1. The summed E-state index contributed by atoms with van der Waals surface area (Å²) in [6, 6.07) is 14.7. The van der Waals surface area contributed by atoms with Crippen LogP contribution < -0.4 is 16.0 Å². The van der Waals surface area contributed by atoms with Crippen LogP contribution in [0, 0.1) is 0 Å². The second-order valence-corrected chi connectivity index (χ2v) is 5.98. The lowest BCUT2D eigenvalue weighted by Crippen LogP contribution is -2.31. The standard InChI is InChI=1S/C20H21N3O2/c1-22-19(24)13-15-5-4-12-23(18-7-3-2-6-17(15)18)20(25)14-8-10-16(21)11-9-14/h2-3,6-11,13H,4-5,12,21H2,1H3,(H,22,24)/b15-13+. The van der Waals surface area contributed by atoms with E-state index in [4.69, 9.17) is 5.73 Å². The molecule has 0 atom stereocenters. The van der Waals surface area contributed by atoms with Crippen molar-refractivity contribution in [2.75, 3.05) is 24.2 Å². The van der Waals surface area contributed by atoms with Crippen molar-refractivity contribution >= 4 is 28.8 Å². The SMILES string of the molecule is CNC(=O)/C=C1\CCCN(C(=O)c2ccc(N)cc2)c2ccccc21. The number of benzene rings is 2. The molecule has 5 heteroatoms. The molecule has 0 aliphatic carbocycles. The van der Waals surface area contributed by atoms with Crippen molar-refractivity contribution in [2.24, 2.45) is 0 Å². The van der Waals surface area contributed by atoms with Crippen molar-refractivity contribution < 1.29 is 9.59 Å². The maximum atomic E-state index is 13.0. The number of hydrogen-bond donors (Lipinski definition) is 2. The molecule has 2 aromatic rings. The van der Waals surface area contributed by atoms with E-state index in [-0.39, 0.29) is 11.8 Å². The lowest BCUT2D eigenvalue weighted by atomic mass is 10.00. The topological polar surface area (TPSA) is 75.4 Å². The van der Waals surface area contributed by atoms with Crippen LogP contribution in [0.25, 0.3) is 5.57 Å². The van der Waals surface area contributed by atoms with E-state index < -0.39 is 0 Å². The number of nitrogen functional groups attached to an aromatic ring is 1. The van der Waals surface area contributed by atoms with Gasteiger partial charge in [-0.05, 0) is 48.7 Å². The average Bonchev–Trinajstić information content (AvgIpc) is 2.81. The lowest BCUT2D eigenvalue weighted by molar-refractivity contribution is -0.116. The van der Waals surface area contributed by atoms with Gasteiger partial charge < -0.3 is 16.0 Å². The molecule has 0 fully saturated rings. The van der Waals surface area contributed by atoms with Crippen molar-refractivity contribution in [3.8, 4) is 0 Å². The maximum absolute atomic E-state index is 13.0. The summed E-state index contributed by atoms with van der Waals surface area (Å²) in [5, 5.41) is 2.62. The molecule has 1 aliphatic heterocycles. The Labute approximate surface area is 147 Å². The molecule has 128 valence electrons. The normalized spacial score (nSPS) is 15.4. The van der Waals surface area contributed by atoms with Crippen molar-refractivity contribution in [2.45, 2.75) is 12.8 Å². The Morgan fingerprint density at radius 2 is 1.84 bits per heavy atom. The van der Waals surface area contributed by atoms with E-state index in [1.54, 1.807) is 42.3 Å². The van der Waals surface area contributed by atoms with Gasteiger partial charge in [-0.3, -0.25) is 9.59 Å². The summed E-state index contributed by atoms with van der Waals surface area (Å²) in [4.78, 5) is 26.6. The summed E-state index contributed by atoms with van der Waals surface area (Å²) in [6.07, 6.45) is 3.16. The zero-order chi connectivity index (χ0) is 17.8. The highest BCUT2D eigenvalue weighted by Crippen LogP contribution is 2.34. The van der Waals surface area contributed by atoms with E-state index in [1.165, 1.54) is 0 Å². The minimum Gasteiger partial charge on any atom is -0.399 e. The molecule has 0 unspecified atom stereocenters. The Balaban J connectivity index is 2.02. The first-order chi connectivity index (χ1) is 12.1. The zero-order valence-electron chi connectivity index (χ0n) is 14.2. The Bertz CT molecular complexity index is 825. The van der Waals surface area contributed by atoms with E-state index in [0.29, 0.717) is 17.8 Å². The summed E-state index contributed by atoms with van der Waals surface area (Å²) in [5.74, 6) is -0.197. The number of amides is 2. The van der Waals surface area contributed by atoms with Crippen LogP contribution in [0.15, 0.2) is 54.6 Å². The second kappa shape index (κ2) is 7.21. The quantitative estimate of drug-likeness (QED) is 0.654. The molecule has 0 spiro atoms. The molecule has 0 aromatic heterocycles. The summed E-state index contributed by atoms with van der Waals surface area (Å²) in [6.45, 7) is 0.602. The minimum atomic E-state index is -0.136. The predicted molar refractivity (Wildman–Crippen MR) is 100 cm³/mol. The van der Waals surface area contributed by atoms with Gasteiger partial charge in [-0.25, -0.2) is 0 Å². The highest BCUT2D eigenvalue weighted by molar-refractivity contribution is 6.08. The van der Waals surface area contributed by atoms with Crippen LogP contribution in [0.5, 0.6) is 0 Å². The summed E-state index contributed by atoms with van der Waals surface area (Å²) < 4.78 is 0. The Morgan fingerprint density at radius 1 is 1.12 bits per heavy atom. The molecule has 0 saturated carbocycles. The van der Waals surface area contributed by atoms with E-state index in [0.717, 1.165) is 29.7 Å². The second-order valence-electron chi connectivity index (χ2n) is 5.98. The van der Waals surface area contributed by atoms with E-state index >= 15 is 0 Å². The van der Waals surface area contributed by atoms with Gasteiger partial charge in [0.05, 0.1) is 5.69 Å². The van der Waals surface area contributed by atoms with Gasteiger partial charge in [0.1, 0.15) is 0 Å². The fourth-order valence-corrected chi connectivity index (χ4v) is 3.04. The van der Waals surface area contributed by atoms with Crippen LogP contribution in [-0.2, 0) is 4.79 Å². The van der Waals surface area contributed by atoms with E-state index in [9.17, 15) is 9.59 Å². The predicted octanol–water partition coefficient (Wildman–Crippen LogP) is 2.84. The van der Waals surface area contributed by atoms with Gasteiger partial charge in [0.2, 0.25) is 5.91 Å². The summed E-state index contributed by atoms with van der Waals surface area (Å²) in [7, 11) is 1.61. The van der Waals surface area contributed by atoms with Gasteiger partial charge in [0.15, 0.2) is 0 Å². The third kappa shape index (κ3) is 3.55. The van der Waals surface area contributed by atoms with Crippen LogP contribution in [-0.4, -0.2) is 25.4 Å². The number of allylic oxidation sites excluding steroid dienone is 1. The molecular weight excluding hydrogens is 314 g/mol. The summed E-state index contributed by atoms with van der Waals surface area (Å²) in [5.41, 5.74) is 9.64. The fraction of sp³-hybridized carbons (Fsp3) is 0.200. The number of nitrogens with one attached hydrogen (secondary N) is 1. The van der Waals surface area contributed by atoms with Gasteiger partial charge in [-0.15, -0.1) is 0 Å². The molecule has 2 amide bonds. The number of nitrogens with zero attached hydrogens (tertiary/aromatic N) is 1. The largest absolute Gasteiger partial charge is 0.399 e. The molecule has 25 heavy (non-hydrogen) atoms. The fourth-order valence-electron chi connectivity index (χ4n) is 3.04. The Kier molecular flexibility index (Phi) is 4.84. The first-order valence-corrected chi connectivity index (χ1v) is 8.29. The van der Waals surface area contributed by atoms with Gasteiger partial charge in [-0.1, -0.05) is 18.2 Å². The third-order valence-electron chi connectivity index (χ3n) is 4.32. The molecule has 1 heterocycles. The smallest absolute Gasteiger partial charge is 0.258 e. The van der Waals surface area contributed by atoms with Crippen LogP contribution in [0.4, 0.5) is 11.4 Å². The molecule has 0 radical (unpaired) electrons. The van der Waals surface area contributed by atoms with Crippen LogP contribution in [0.2, 0.25) is 0 Å². The number of hydrogen-bond acceptors (Lipinski definition) is 3. The van der Waals surface area contributed by atoms with Gasteiger partial charge in [0.25, 0.3) is 5.91 Å². The number of carbonyl (C=O) groups excluding carboxylic acids is 2. The Hall–Kier alpha value is -3.08. The van der Waals surface area contributed by atoms with Crippen molar-refractivity contribution in [3.63, 3.8) is 0 Å². The number of para-hydroxylation sites is 1. The van der Waals surface area contributed by atoms with Gasteiger partial charge >= 0.3 is 0 Å². The number of rotatable bonds is 2. The maximum Gasteiger partial charge on any atom is 0.258 e. The molecule has 3 rings (SSSR count). The first-order valence-electron chi connectivity index (χ1n) is 8.29. The third-order valence-corrected chi connectivity index (χ3v) is 4.32. The van der Waals surface area contributed by atoms with Crippen LogP contribution in [0.3, 0.4) is 0 Å². The monoisotopic (exact) mass is 335 g/mol.